The summed E-state index contributed by atoms with van der Waals surface area (Å²) in [5.41, 5.74) is 1.01. The Hall–Kier alpha value is -3.16. The molecule has 3 rings (SSSR count). The van der Waals surface area contributed by atoms with Crippen molar-refractivity contribution in [2.24, 2.45) is 0 Å². The lowest BCUT2D eigenvalue weighted by Gasteiger charge is -2.08. The molecule has 0 saturated heterocycles. The van der Waals surface area contributed by atoms with Crippen molar-refractivity contribution < 1.29 is 9.53 Å². The van der Waals surface area contributed by atoms with E-state index in [1.54, 1.807) is 13.0 Å². The summed E-state index contributed by atoms with van der Waals surface area (Å²) < 4.78 is 5.61. The van der Waals surface area contributed by atoms with Crippen LogP contribution in [0.2, 0.25) is 0 Å². The van der Waals surface area contributed by atoms with Gasteiger partial charge in [-0.15, -0.1) is 0 Å². The minimum Gasteiger partial charge on any atom is -0.487 e. The average Bonchev–Trinajstić information content (AvgIpc) is 3.23. The Morgan fingerprint density at radius 1 is 1.25 bits per heavy atom. The van der Waals surface area contributed by atoms with Crippen LogP contribution < -0.4 is 10.1 Å². The van der Waals surface area contributed by atoms with Gasteiger partial charge < -0.3 is 10.1 Å². The number of benzene rings is 1. The van der Waals surface area contributed by atoms with Crippen LogP contribution in [0.25, 0.3) is 0 Å². The molecule has 2 aromatic heterocycles. The van der Waals surface area contributed by atoms with Crippen LogP contribution in [-0.2, 0) is 6.61 Å². The van der Waals surface area contributed by atoms with Crippen molar-refractivity contribution in [3.05, 3.63) is 59.4 Å². The number of hydrogen-bond donors (Lipinski definition) is 3. The predicted octanol–water partition coefficient (Wildman–Crippen LogP) is 1.91. The van der Waals surface area contributed by atoms with Crippen molar-refractivity contribution in [1.29, 1.82) is 0 Å². The number of nitrogens with zero attached hydrogens (tertiary/aromatic N) is 3. The van der Waals surface area contributed by atoms with Gasteiger partial charge in [-0.3, -0.25) is 15.0 Å². The molecular formula is C16H18N6O2. The molecule has 0 spiro atoms. The van der Waals surface area contributed by atoms with E-state index in [2.05, 4.69) is 30.7 Å². The van der Waals surface area contributed by atoms with Gasteiger partial charge in [0, 0.05) is 0 Å². The lowest BCUT2D eigenvalue weighted by molar-refractivity contribution is 0.0933. The third kappa shape index (κ3) is 3.78. The summed E-state index contributed by atoms with van der Waals surface area (Å²) in [6.07, 6.45) is 0. The lowest BCUT2D eigenvalue weighted by Crippen LogP contribution is -2.27. The van der Waals surface area contributed by atoms with Gasteiger partial charge in [-0.1, -0.05) is 18.2 Å². The Kier molecular flexibility index (Phi) is 4.55. The summed E-state index contributed by atoms with van der Waals surface area (Å²) in [7, 11) is 0. The number of amides is 1. The Labute approximate surface area is 138 Å². The van der Waals surface area contributed by atoms with Gasteiger partial charge in [0.25, 0.3) is 5.91 Å². The molecule has 0 aliphatic rings. The highest BCUT2D eigenvalue weighted by atomic mass is 16.5. The van der Waals surface area contributed by atoms with Gasteiger partial charge in [0.1, 0.15) is 23.9 Å². The smallest absolute Gasteiger partial charge is 0.272 e. The van der Waals surface area contributed by atoms with Crippen LogP contribution in [0.5, 0.6) is 5.75 Å². The Morgan fingerprint density at radius 3 is 2.75 bits per heavy atom. The molecule has 24 heavy (non-hydrogen) atoms. The van der Waals surface area contributed by atoms with E-state index in [9.17, 15) is 4.79 Å². The van der Waals surface area contributed by atoms with Crippen LogP contribution in [0.4, 0.5) is 0 Å². The topological polar surface area (TPSA) is 109 Å². The minimum absolute atomic E-state index is 0.292. The highest BCUT2D eigenvalue weighted by Gasteiger charge is 2.17. The number of carbonyl (C=O) groups is 1. The van der Waals surface area contributed by atoms with Gasteiger partial charge in [0.05, 0.1) is 11.7 Å². The molecule has 3 aromatic rings. The third-order valence-corrected chi connectivity index (χ3v) is 3.35. The van der Waals surface area contributed by atoms with Gasteiger partial charge in [-0.05, 0) is 32.0 Å². The SMILES string of the molecule is Cc1nc([C@H](C)NC(=O)c2cc(COc3ccccc3)[nH]n2)n[nH]1. The van der Waals surface area contributed by atoms with Crippen LogP contribution in [0.3, 0.4) is 0 Å². The maximum Gasteiger partial charge on any atom is 0.272 e. The fraction of sp³-hybridized carbons (Fsp3) is 0.250. The lowest BCUT2D eigenvalue weighted by atomic mass is 10.3. The normalized spacial score (nSPS) is 11.9. The summed E-state index contributed by atoms with van der Waals surface area (Å²) in [6, 6.07) is 10.8. The van der Waals surface area contributed by atoms with E-state index in [4.69, 9.17) is 4.74 Å². The van der Waals surface area contributed by atoms with Gasteiger partial charge in [0.15, 0.2) is 5.82 Å². The standard InChI is InChI=1S/C16H18N6O2/c1-10(15-18-11(2)19-22-15)17-16(23)14-8-12(20-21-14)9-24-13-6-4-3-5-7-13/h3-8,10H,9H2,1-2H3,(H,17,23)(H,20,21)(H,18,19,22)/t10-/m0/s1. The number of aromatic nitrogens is 5. The zero-order chi connectivity index (χ0) is 16.9. The van der Waals surface area contributed by atoms with Crippen LogP contribution in [0.15, 0.2) is 36.4 Å². The van der Waals surface area contributed by atoms with Crippen molar-refractivity contribution in [3.63, 3.8) is 0 Å². The quantitative estimate of drug-likeness (QED) is 0.641. The van der Waals surface area contributed by atoms with Crippen LogP contribution >= 0.6 is 0 Å². The molecular weight excluding hydrogens is 308 g/mol. The third-order valence-electron chi connectivity index (χ3n) is 3.35. The number of aromatic amines is 2. The molecule has 3 N–H and O–H groups in total. The molecule has 0 aliphatic carbocycles. The molecule has 1 amide bonds. The minimum atomic E-state index is -0.317. The highest BCUT2D eigenvalue weighted by Crippen LogP contribution is 2.12. The molecule has 0 unspecified atom stereocenters. The van der Waals surface area contributed by atoms with Gasteiger partial charge in [-0.25, -0.2) is 4.98 Å². The van der Waals surface area contributed by atoms with Crippen molar-refractivity contribution in [1.82, 2.24) is 30.7 Å². The van der Waals surface area contributed by atoms with Crippen molar-refractivity contribution >= 4 is 5.91 Å². The molecule has 8 nitrogen and oxygen atoms in total. The van der Waals surface area contributed by atoms with Crippen molar-refractivity contribution in [2.45, 2.75) is 26.5 Å². The van der Waals surface area contributed by atoms with Crippen molar-refractivity contribution in [3.8, 4) is 5.75 Å². The maximum atomic E-state index is 12.2. The number of ether oxygens (including phenoxy) is 1. The fourth-order valence-electron chi connectivity index (χ4n) is 2.12. The summed E-state index contributed by atoms with van der Waals surface area (Å²) in [5.74, 6) is 1.69. The number of rotatable bonds is 6. The van der Waals surface area contributed by atoms with Crippen LogP contribution in [-0.4, -0.2) is 31.3 Å². The molecule has 8 heteroatoms. The largest absolute Gasteiger partial charge is 0.487 e. The first-order chi connectivity index (χ1) is 11.6. The summed E-state index contributed by atoms with van der Waals surface area (Å²) in [4.78, 5) is 16.4. The van der Waals surface area contributed by atoms with Crippen molar-refractivity contribution in [2.75, 3.05) is 0 Å². The van der Waals surface area contributed by atoms with E-state index in [0.717, 1.165) is 5.75 Å². The first kappa shape index (κ1) is 15.7. The zero-order valence-electron chi connectivity index (χ0n) is 13.4. The molecule has 0 radical (unpaired) electrons. The molecule has 0 saturated carbocycles. The zero-order valence-corrected chi connectivity index (χ0v) is 13.4. The van der Waals surface area contributed by atoms with Gasteiger partial charge >= 0.3 is 0 Å². The Morgan fingerprint density at radius 2 is 2.04 bits per heavy atom. The maximum absolute atomic E-state index is 12.2. The van der Waals surface area contributed by atoms with E-state index in [1.165, 1.54) is 0 Å². The number of aryl methyl sites for hydroxylation is 1. The molecule has 0 aliphatic heterocycles. The van der Waals surface area contributed by atoms with E-state index in [-0.39, 0.29) is 11.9 Å². The summed E-state index contributed by atoms with van der Waals surface area (Å²) >= 11 is 0. The number of hydrogen-bond acceptors (Lipinski definition) is 5. The van der Waals surface area contributed by atoms with Gasteiger partial charge in [-0.2, -0.15) is 10.2 Å². The molecule has 0 bridgehead atoms. The Balaban J connectivity index is 1.57. The second-order valence-corrected chi connectivity index (χ2v) is 5.35. The van der Waals surface area contributed by atoms with E-state index in [0.29, 0.717) is 29.6 Å². The molecule has 2 heterocycles. The number of para-hydroxylation sites is 1. The second kappa shape index (κ2) is 6.95. The van der Waals surface area contributed by atoms with Crippen LogP contribution in [0, 0.1) is 6.92 Å². The van der Waals surface area contributed by atoms with E-state index < -0.39 is 0 Å². The second-order valence-electron chi connectivity index (χ2n) is 5.35. The van der Waals surface area contributed by atoms with E-state index in [1.807, 2.05) is 37.3 Å². The Bertz CT molecular complexity index is 811. The molecule has 1 aromatic carbocycles. The average molecular weight is 326 g/mol. The first-order valence-electron chi connectivity index (χ1n) is 7.53. The first-order valence-corrected chi connectivity index (χ1v) is 7.53. The van der Waals surface area contributed by atoms with Crippen LogP contribution in [0.1, 0.15) is 40.8 Å². The molecule has 1 atom stereocenters. The number of nitrogens with one attached hydrogen (secondary N) is 3. The number of carbonyl (C=O) groups excluding carboxylic acids is 1. The number of H-pyrrole nitrogens is 2. The summed E-state index contributed by atoms with van der Waals surface area (Å²) in [6.45, 7) is 3.92. The fourth-order valence-corrected chi connectivity index (χ4v) is 2.12. The van der Waals surface area contributed by atoms with Gasteiger partial charge in [0.2, 0.25) is 0 Å². The highest BCUT2D eigenvalue weighted by molar-refractivity contribution is 5.92. The summed E-state index contributed by atoms with van der Waals surface area (Å²) in [5, 5.41) is 16.4. The monoisotopic (exact) mass is 326 g/mol. The predicted molar refractivity (Wildman–Crippen MR) is 86.4 cm³/mol. The van der Waals surface area contributed by atoms with E-state index >= 15 is 0 Å². The molecule has 0 fully saturated rings. The molecule has 124 valence electrons.